The summed E-state index contributed by atoms with van der Waals surface area (Å²) in [6.45, 7) is 3.76. The van der Waals surface area contributed by atoms with Crippen LogP contribution in [0.4, 0.5) is 0 Å². The molecule has 1 heterocycles. The van der Waals surface area contributed by atoms with Gasteiger partial charge in [0.25, 0.3) is 5.91 Å². The van der Waals surface area contributed by atoms with E-state index < -0.39 is 12.0 Å². The van der Waals surface area contributed by atoms with Crippen LogP contribution in [0, 0.1) is 6.92 Å². The van der Waals surface area contributed by atoms with Crippen LogP contribution in [0.15, 0.2) is 12.3 Å². The van der Waals surface area contributed by atoms with Crippen LogP contribution in [0.25, 0.3) is 0 Å². The molecular weight excluding hydrogens is 220 g/mol. The number of unbranched alkanes of at least 4 members (excludes halogenated alkanes) is 1. The van der Waals surface area contributed by atoms with Gasteiger partial charge in [-0.2, -0.15) is 0 Å². The first-order chi connectivity index (χ1) is 8.06. The summed E-state index contributed by atoms with van der Waals surface area (Å²) >= 11 is 0. The molecule has 0 aromatic carbocycles. The quantitative estimate of drug-likeness (QED) is 0.705. The topological polar surface area (TPSA) is 82.2 Å². The van der Waals surface area contributed by atoms with E-state index in [0.717, 1.165) is 18.5 Å². The molecule has 0 fully saturated rings. The molecule has 0 unspecified atom stereocenters. The second kappa shape index (κ2) is 6.08. The van der Waals surface area contributed by atoms with Crippen molar-refractivity contribution in [1.29, 1.82) is 0 Å². The Kier molecular flexibility index (Phi) is 4.75. The van der Waals surface area contributed by atoms with Gasteiger partial charge >= 0.3 is 5.97 Å². The van der Waals surface area contributed by atoms with Crippen molar-refractivity contribution < 1.29 is 14.7 Å². The molecule has 1 rings (SSSR count). The minimum atomic E-state index is -0.986. The van der Waals surface area contributed by atoms with Gasteiger partial charge in [0.05, 0.1) is 5.56 Å². The maximum absolute atomic E-state index is 11.8. The van der Waals surface area contributed by atoms with Crippen molar-refractivity contribution in [1.82, 2.24) is 10.3 Å². The fourth-order valence-corrected chi connectivity index (χ4v) is 1.60. The van der Waals surface area contributed by atoms with Gasteiger partial charge in [-0.1, -0.05) is 19.8 Å². The lowest BCUT2D eigenvalue weighted by Crippen LogP contribution is -2.40. The lowest BCUT2D eigenvalue weighted by molar-refractivity contribution is -0.139. The minimum Gasteiger partial charge on any atom is -0.480 e. The highest BCUT2D eigenvalue weighted by Gasteiger charge is 2.20. The Labute approximate surface area is 100 Å². The molecule has 0 saturated heterocycles. The predicted molar refractivity (Wildman–Crippen MR) is 63.9 cm³/mol. The number of nitrogens with one attached hydrogen (secondary N) is 2. The van der Waals surface area contributed by atoms with Crippen molar-refractivity contribution in [3.63, 3.8) is 0 Å². The van der Waals surface area contributed by atoms with Gasteiger partial charge in [-0.25, -0.2) is 4.79 Å². The van der Waals surface area contributed by atoms with E-state index in [1.807, 2.05) is 6.92 Å². The molecule has 0 spiro atoms. The predicted octanol–water partition coefficient (Wildman–Crippen LogP) is 1.70. The Bertz CT molecular complexity index is 398. The highest BCUT2D eigenvalue weighted by molar-refractivity contribution is 5.97. The number of amides is 1. The van der Waals surface area contributed by atoms with Crippen molar-refractivity contribution in [2.75, 3.05) is 0 Å². The summed E-state index contributed by atoms with van der Waals surface area (Å²) in [7, 11) is 0. The van der Waals surface area contributed by atoms with E-state index in [4.69, 9.17) is 5.11 Å². The molecule has 1 aromatic rings. The summed E-state index contributed by atoms with van der Waals surface area (Å²) in [5.74, 6) is -1.33. The van der Waals surface area contributed by atoms with Crippen molar-refractivity contribution in [2.45, 2.75) is 39.2 Å². The van der Waals surface area contributed by atoms with Crippen LogP contribution in [0.2, 0.25) is 0 Å². The number of aliphatic carboxylic acids is 1. The van der Waals surface area contributed by atoms with E-state index in [1.54, 1.807) is 19.2 Å². The Morgan fingerprint density at radius 3 is 2.71 bits per heavy atom. The summed E-state index contributed by atoms with van der Waals surface area (Å²) in [6.07, 6.45) is 3.80. The van der Waals surface area contributed by atoms with Crippen LogP contribution in [0.5, 0.6) is 0 Å². The third kappa shape index (κ3) is 3.62. The molecule has 0 saturated carbocycles. The molecule has 1 amide bonds. The lowest BCUT2D eigenvalue weighted by Gasteiger charge is -2.13. The Hall–Kier alpha value is -1.78. The van der Waals surface area contributed by atoms with Gasteiger partial charge in [0.1, 0.15) is 6.04 Å². The number of aromatic amines is 1. The largest absolute Gasteiger partial charge is 0.480 e. The van der Waals surface area contributed by atoms with Gasteiger partial charge in [0.15, 0.2) is 0 Å². The first-order valence-corrected chi connectivity index (χ1v) is 5.74. The molecule has 5 heteroatoms. The number of carbonyl (C=O) groups is 2. The van der Waals surface area contributed by atoms with Gasteiger partial charge in [-0.15, -0.1) is 0 Å². The van der Waals surface area contributed by atoms with Crippen LogP contribution in [0.1, 0.15) is 42.2 Å². The van der Waals surface area contributed by atoms with Crippen molar-refractivity contribution in [2.24, 2.45) is 0 Å². The molecule has 94 valence electrons. The zero-order valence-corrected chi connectivity index (χ0v) is 10.1. The van der Waals surface area contributed by atoms with Gasteiger partial charge < -0.3 is 15.4 Å². The molecular formula is C12H18N2O3. The summed E-state index contributed by atoms with van der Waals surface area (Å²) in [5, 5.41) is 11.5. The van der Waals surface area contributed by atoms with Crippen LogP contribution >= 0.6 is 0 Å². The van der Waals surface area contributed by atoms with E-state index in [9.17, 15) is 9.59 Å². The molecule has 5 nitrogen and oxygen atoms in total. The standard InChI is InChI=1S/C12H18N2O3/c1-3-4-5-10(12(16)17)14-11(15)9-6-7-13-8(9)2/h6-7,10,13H,3-5H2,1-2H3,(H,14,15)(H,16,17)/t10-/m0/s1. The highest BCUT2D eigenvalue weighted by atomic mass is 16.4. The highest BCUT2D eigenvalue weighted by Crippen LogP contribution is 2.07. The maximum Gasteiger partial charge on any atom is 0.326 e. The molecule has 3 N–H and O–H groups in total. The average Bonchev–Trinajstić information content (AvgIpc) is 2.70. The van der Waals surface area contributed by atoms with Gasteiger partial charge in [0, 0.05) is 11.9 Å². The Morgan fingerprint density at radius 1 is 1.53 bits per heavy atom. The Balaban J connectivity index is 2.64. The number of hydrogen-bond acceptors (Lipinski definition) is 2. The van der Waals surface area contributed by atoms with E-state index in [1.165, 1.54) is 0 Å². The molecule has 1 atom stereocenters. The van der Waals surface area contributed by atoms with Gasteiger partial charge in [-0.3, -0.25) is 4.79 Å². The van der Waals surface area contributed by atoms with Gasteiger partial charge in [0.2, 0.25) is 0 Å². The molecule has 0 aliphatic rings. The summed E-state index contributed by atoms with van der Waals surface area (Å²) in [5.41, 5.74) is 1.23. The minimum absolute atomic E-state index is 0.341. The first kappa shape index (κ1) is 13.3. The van der Waals surface area contributed by atoms with Gasteiger partial charge in [-0.05, 0) is 19.4 Å². The van der Waals surface area contributed by atoms with Crippen molar-refractivity contribution in [3.8, 4) is 0 Å². The van der Waals surface area contributed by atoms with Crippen molar-refractivity contribution >= 4 is 11.9 Å². The number of H-pyrrole nitrogens is 1. The zero-order chi connectivity index (χ0) is 12.8. The van der Waals surface area contributed by atoms with Crippen LogP contribution in [-0.2, 0) is 4.79 Å². The number of carboxylic acid groups (broad SMARTS) is 1. The van der Waals surface area contributed by atoms with E-state index in [2.05, 4.69) is 10.3 Å². The smallest absolute Gasteiger partial charge is 0.326 e. The third-order valence-electron chi connectivity index (χ3n) is 2.65. The molecule has 1 aromatic heterocycles. The average molecular weight is 238 g/mol. The maximum atomic E-state index is 11.8. The second-order valence-corrected chi connectivity index (χ2v) is 4.02. The third-order valence-corrected chi connectivity index (χ3v) is 2.65. The molecule has 0 radical (unpaired) electrons. The van der Waals surface area contributed by atoms with E-state index in [-0.39, 0.29) is 5.91 Å². The van der Waals surface area contributed by atoms with E-state index in [0.29, 0.717) is 12.0 Å². The summed E-state index contributed by atoms with van der Waals surface area (Å²) < 4.78 is 0. The number of rotatable bonds is 6. The number of carboxylic acids is 1. The second-order valence-electron chi connectivity index (χ2n) is 4.02. The number of hydrogen-bond donors (Lipinski definition) is 3. The van der Waals surface area contributed by atoms with Crippen LogP contribution < -0.4 is 5.32 Å². The molecule has 17 heavy (non-hydrogen) atoms. The fraction of sp³-hybridized carbons (Fsp3) is 0.500. The zero-order valence-electron chi connectivity index (χ0n) is 10.1. The molecule has 0 bridgehead atoms. The lowest BCUT2D eigenvalue weighted by atomic mass is 10.1. The summed E-state index contributed by atoms with van der Waals surface area (Å²) in [6, 6.07) is 0.834. The Morgan fingerprint density at radius 2 is 2.24 bits per heavy atom. The van der Waals surface area contributed by atoms with Crippen molar-refractivity contribution in [3.05, 3.63) is 23.5 Å². The number of aromatic nitrogens is 1. The SMILES string of the molecule is CCCC[C@H](NC(=O)c1cc[nH]c1C)C(=O)O. The monoisotopic (exact) mass is 238 g/mol. The fourth-order valence-electron chi connectivity index (χ4n) is 1.60. The molecule has 0 aliphatic heterocycles. The van der Waals surface area contributed by atoms with E-state index >= 15 is 0 Å². The summed E-state index contributed by atoms with van der Waals surface area (Å²) in [4.78, 5) is 25.7. The van der Waals surface area contributed by atoms with Crippen LogP contribution in [-0.4, -0.2) is 28.0 Å². The number of aryl methyl sites for hydroxylation is 1. The first-order valence-electron chi connectivity index (χ1n) is 5.74. The number of carbonyl (C=O) groups excluding carboxylic acids is 1. The normalized spacial score (nSPS) is 12.1. The molecule has 0 aliphatic carbocycles. The van der Waals surface area contributed by atoms with Crippen LogP contribution in [0.3, 0.4) is 0 Å².